The summed E-state index contributed by atoms with van der Waals surface area (Å²) in [6.07, 6.45) is 12.9. The number of rotatable bonds is 14. The van der Waals surface area contributed by atoms with Gasteiger partial charge in [0.05, 0.1) is 12.2 Å². The molecule has 0 saturated heterocycles. The number of aliphatic hydroxyl groups is 1. The molecule has 0 fully saturated rings. The molecule has 0 spiro atoms. The minimum atomic E-state index is -0.412. The van der Waals surface area contributed by atoms with Gasteiger partial charge >= 0.3 is 33.9 Å². The zero-order valence-electron chi connectivity index (χ0n) is 15.4. The van der Waals surface area contributed by atoms with Crippen LogP contribution in [0.4, 0.5) is 0 Å². The summed E-state index contributed by atoms with van der Waals surface area (Å²) in [5.41, 5.74) is 0. The maximum absolute atomic E-state index is 10.3. The number of aliphatic hydroxyl groups excluding tert-OH is 1. The van der Waals surface area contributed by atoms with Crippen LogP contribution in [0.5, 0.6) is 0 Å². The van der Waals surface area contributed by atoms with Gasteiger partial charge in [0.1, 0.15) is 0 Å². The van der Waals surface area contributed by atoms with Crippen molar-refractivity contribution in [3.05, 3.63) is 39.2 Å². The summed E-state index contributed by atoms with van der Waals surface area (Å²) in [6, 6.07) is 0. The maximum Gasteiger partial charge on any atom is 0 e. The van der Waals surface area contributed by atoms with E-state index in [1.165, 1.54) is 12.9 Å². The molecule has 0 amide bonds. The van der Waals surface area contributed by atoms with Crippen LogP contribution in [0, 0.1) is 39.2 Å². The smallest absolute Gasteiger partial charge is 0 e. The van der Waals surface area contributed by atoms with E-state index in [0.29, 0.717) is 6.42 Å². The summed E-state index contributed by atoms with van der Waals surface area (Å²) >= 11 is 0. The van der Waals surface area contributed by atoms with Gasteiger partial charge in [-0.05, 0) is 25.7 Å². The summed E-state index contributed by atoms with van der Waals surface area (Å²) < 4.78 is 27.4. The molecule has 3 radical (unpaired) electrons. The standard InChI is InChI=1S/C16H28O3.3CO.Fe/c1-3-5-7-8-10-12-16(19-14-17)13-15(18)11-9-6-4-2;3*1-2;/h8,10,12,15-16,18H,3-7,9,11,13H2,1-2H3;;;;/q-1;;;;/t15-,16+;;;;/m0..../s1. The molecule has 0 aromatic carbocycles. The molecular weight excluding hydrogens is 380 g/mol. The zero-order valence-corrected chi connectivity index (χ0v) is 16.5. The van der Waals surface area contributed by atoms with Crippen molar-refractivity contribution in [2.45, 2.75) is 77.4 Å². The van der Waals surface area contributed by atoms with Gasteiger partial charge in [0.15, 0.2) is 0 Å². The van der Waals surface area contributed by atoms with Crippen molar-refractivity contribution in [2.24, 2.45) is 0 Å². The predicted molar refractivity (Wildman–Crippen MR) is 89.5 cm³/mol. The Balaban J connectivity index is -0.000000189. The van der Waals surface area contributed by atoms with Crippen molar-refractivity contribution in [1.29, 1.82) is 0 Å². The van der Waals surface area contributed by atoms with E-state index in [9.17, 15) is 9.90 Å². The van der Waals surface area contributed by atoms with E-state index in [1.807, 2.05) is 12.8 Å². The van der Waals surface area contributed by atoms with Gasteiger partial charge in [0.2, 0.25) is 0 Å². The van der Waals surface area contributed by atoms with E-state index >= 15 is 0 Å². The summed E-state index contributed by atoms with van der Waals surface area (Å²) in [5, 5.41) is 9.86. The van der Waals surface area contributed by atoms with Crippen molar-refractivity contribution < 1.29 is 45.7 Å². The first kappa shape index (κ1) is 36.1. The van der Waals surface area contributed by atoms with Crippen molar-refractivity contribution in [2.75, 3.05) is 0 Å². The number of carbonyl (C=O) groups excluding carboxylic acids is 1. The Labute approximate surface area is 169 Å². The molecule has 0 unspecified atom stereocenters. The van der Waals surface area contributed by atoms with Crippen molar-refractivity contribution in [3.8, 4) is 0 Å². The molecule has 0 aliphatic carbocycles. The van der Waals surface area contributed by atoms with Crippen molar-refractivity contribution >= 4 is 6.47 Å². The first-order valence-corrected chi connectivity index (χ1v) is 8.06. The third kappa shape index (κ3) is 34.5. The third-order valence-electron chi connectivity index (χ3n) is 3.03. The van der Waals surface area contributed by atoms with Crippen LogP contribution < -0.4 is 0 Å². The van der Waals surface area contributed by atoms with E-state index in [1.54, 1.807) is 0 Å². The Morgan fingerprint density at radius 1 is 1.04 bits per heavy atom. The van der Waals surface area contributed by atoms with Crippen LogP contribution in [-0.4, -0.2) is 23.8 Å². The normalized spacial score (nSPS) is 10.5. The molecule has 0 bridgehead atoms. The fourth-order valence-corrected chi connectivity index (χ4v) is 1.86. The first-order chi connectivity index (χ1) is 12.2. The molecule has 6 nitrogen and oxygen atoms in total. The molecule has 0 aliphatic rings. The van der Waals surface area contributed by atoms with Gasteiger partial charge in [0.25, 0.3) is 0 Å². The van der Waals surface area contributed by atoms with Crippen molar-refractivity contribution in [3.63, 3.8) is 0 Å². The van der Waals surface area contributed by atoms with Crippen molar-refractivity contribution in [1.82, 2.24) is 0 Å². The van der Waals surface area contributed by atoms with Crippen LogP contribution in [0.25, 0.3) is 0 Å². The molecule has 0 rings (SSSR count). The minimum absolute atomic E-state index is 0. The summed E-state index contributed by atoms with van der Waals surface area (Å²) in [5.74, 6) is 0. The second-order valence-electron chi connectivity index (χ2n) is 4.89. The van der Waals surface area contributed by atoms with E-state index in [0.717, 1.165) is 38.5 Å². The van der Waals surface area contributed by atoms with Crippen LogP contribution in [0.1, 0.15) is 65.2 Å². The molecule has 149 valence electrons. The molecule has 0 aromatic heterocycles. The number of hydrogen-bond acceptors (Lipinski definition) is 3. The van der Waals surface area contributed by atoms with Crippen LogP contribution in [0.3, 0.4) is 0 Å². The Morgan fingerprint density at radius 3 is 2.04 bits per heavy atom. The molecule has 0 aromatic rings. The second kappa shape index (κ2) is 39.3. The number of hydrogen-bond donors (Lipinski definition) is 1. The Kier molecular flexibility index (Phi) is 54.6. The molecule has 26 heavy (non-hydrogen) atoms. The molecule has 2 atom stereocenters. The monoisotopic (exact) mass is 408 g/mol. The van der Waals surface area contributed by atoms with Crippen LogP contribution >= 0.6 is 0 Å². The topological polar surface area (TPSA) is 106 Å². The fourth-order valence-electron chi connectivity index (χ4n) is 1.86. The summed E-state index contributed by atoms with van der Waals surface area (Å²) in [7, 11) is 0. The molecule has 0 saturated carbocycles. The average Bonchev–Trinajstić information content (AvgIpc) is 2.67. The molecule has 1 N–H and O–H groups in total. The largest absolute Gasteiger partial charge is 0 e. The van der Waals surface area contributed by atoms with Gasteiger partial charge in [-0.2, -0.15) is 0 Å². The van der Waals surface area contributed by atoms with Gasteiger partial charge in [0, 0.05) is 29.9 Å². The van der Waals surface area contributed by atoms with Gasteiger partial charge in [-0.1, -0.05) is 52.4 Å². The molecule has 0 heterocycles. The van der Waals surface area contributed by atoms with Gasteiger partial charge in [-0.15, -0.1) is 0 Å². The average molecular weight is 408 g/mol. The summed E-state index contributed by atoms with van der Waals surface area (Å²) in [6.45, 7) is 19.2. The minimum Gasteiger partial charge on any atom is 0 e. The number of unbranched alkanes of at least 4 members (excludes halogenated alkanes) is 6. The molecule has 0 aliphatic heterocycles. The van der Waals surface area contributed by atoms with E-state index in [2.05, 4.69) is 40.2 Å². The van der Waals surface area contributed by atoms with Gasteiger partial charge in [-0.3, -0.25) is 0 Å². The van der Waals surface area contributed by atoms with Gasteiger partial charge in [-0.25, -0.2) is 0 Å². The Morgan fingerprint density at radius 2 is 1.58 bits per heavy atom. The molecular formula is C19H28FeO6-. The number of ether oxygens (including phenoxy) is 1. The maximum atomic E-state index is 10.3. The second-order valence-corrected chi connectivity index (χ2v) is 4.89. The van der Waals surface area contributed by atoms with Crippen LogP contribution in [0.15, 0.2) is 0 Å². The molecule has 7 heteroatoms. The van der Waals surface area contributed by atoms with Crippen LogP contribution in [0.2, 0.25) is 0 Å². The Hall–Kier alpha value is -0.831. The fraction of sp³-hybridized carbons (Fsp3) is 0.632. The van der Waals surface area contributed by atoms with E-state index in [-0.39, 0.29) is 23.2 Å². The zero-order chi connectivity index (χ0) is 20.3. The third-order valence-corrected chi connectivity index (χ3v) is 3.03. The quantitative estimate of drug-likeness (QED) is 0.206. The Bertz CT molecular complexity index is 290. The van der Waals surface area contributed by atoms with Crippen LogP contribution in [-0.2, 0) is 40.6 Å². The SMILES string of the molecule is CCCC[CH][CH][CH][C@H](C[C@@H](O)CCCCC)O[C-]=O.[C-]#[O+].[C-]#[O+].[C-]#[O+].[Fe]. The van der Waals surface area contributed by atoms with Gasteiger partial charge < -0.3 is 14.6 Å². The summed E-state index contributed by atoms with van der Waals surface area (Å²) in [4.78, 5) is 10.3. The van der Waals surface area contributed by atoms with E-state index in [4.69, 9.17) is 18.7 Å². The first-order valence-electron chi connectivity index (χ1n) is 8.06. The predicted octanol–water partition coefficient (Wildman–Crippen LogP) is 3.46. The van der Waals surface area contributed by atoms with E-state index < -0.39 is 6.10 Å².